The van der Waals surface area contributed by atoms with Gasteiger partial charge >= 0.3 is 6.18 Å². The molecule has 0 unspecified atom stereocenters. The number of carbonyl (C=O) groups is 1. The summed E-state index contributed by atoms with van der Waals surface area (Å²) in [6.07, 6.45) is -3.91. The van der Waals surface area contributed by atoms with Gasteiger partial charge in [0.2, 0.25) is 15.9 Å². The number of anilines is 1. The van der Waals surface area contributed by atoms with Gasteiger partial charge in [-0.3, -0.25) is 4.79 Å². The lowest BCUT2D eigenvalue weighted by Gasteiger charge is -2.10. The van der Waals surface area contributed by atoms with Crippen LogP contribution in [0.15, 0.2) is 57.9 Å². The van der Waals surface area contributed by atoms with E-state index in [1.54, 1.807) is 0 Å². The quantitative estimate of drug-likeness (QED) is 0.653. The molecule has 0 radical (unpaired) electrons. The topological polar surface area (TPSA) is 75.3 Å². The molecule has 0 aliphatic rings. The van der Waals surface area contributed by atoms with Crippen molar-refractivity contribution in [3.63, 3.8) is 0 Å². The summed E-state index contributed by atoms with van der Waals surface area (Å²) >= 11 is 3.40. The highest BCUT2D eigenvalue weighted by Gasteiger charge is 2.30. The molecule has 0 aliphatic heterocycles. The fourth-order valence-corrected chi connectivity index (χ4v) is 3.65. The molecule has 0 saturated heterocycles. The van der Waals surface area contributed by atoms with E-state index in [-0.39, 0.29) is 17.2 Å². The number of hydrogen-bond acceptors (Lipinski definition) is 3. The maximum atomic E-state index is 12.2. The average Bonchev–Trinajstić information content (AvgIpc) is 2.59. The second-order valence-electron chi connectivity index (χ2n) is 5.60. The van der Waals surface area contributed by atoms with Gasteiger partial charge in [0.15, 0.2) is 0 Å². The van der Waals surface area contributed by atoms with Gasteiger partial charge in [-0.05, 0) is 42.3 Å². The molecule has 27 heavy (non-hydrogen) atoms. The molecule has 10 heteroatoms. The number of amides is 1. The monoisotopic (exact) mass is 464 g/mol. The van der Waals surface area contributed by atoms with E-state index < -0.39 is 22.7 Å². The van der Waals surface area contributed by atoms with E-state index in [0.29, 0.717) is 12.1 Å². The molecule has 0 aliphatic carbocycles. The van der Waals surface area contributed by atoms with E-state index in [1.165, 1.54) is 16.9 Å². The Morgan fingerprint density at radius 2 is 1.67 bits per heavy atom. The van der Waals surface area contributed by atoms with Crippen molar-refractivity contribution in [2.45, 2.75) is 23.9 Å². The molecule has 2 aromatic carbocycles. The van der Waals surface area contributed by atoms with Crippen molar-refractivity contribution in [2.75, 3.05) is 11.9 Å². The second-order valence-corrected chi connectivity index (χ2v) is 8.22. The number of aryl methyl sites for hydroxylation is 1. The lowest BCUT2D eigenvalue weighted by molar-refractivity contribution is -0.121. The molecule has 0 fully saturated rings. The third kappa shape index (κ3) is 6.96. The summed E-state index contributed by atoms with van der Waals surface area (Å²) < 4.78 is 62.4. The summed E-state index contributed by atoms with van der Waals surface area (Å²) in [5.74, 6) is -0.267. The number of halogens is 4. The Balaban J connectivity index is 1.93. The highest BCUT2D eigenvalue weighted by molar-refractivity contribution is 9.10. The first-order chi connectivity index (χ1) is 12.6. The van der Waals surface area contributed by atoms with Crippen molar-refractivity contribution < 1.29 is 26.4 Å². The molecule has 0 aromatic heterocycles. The van der Waals surface area contributed by atoms with E-state index >= 15 is 0 Å². The van der Waals surface area contributed by atoms with Crippen molar-refractivity contribution in [3.8, 4) is 0 Å². The number of hydrogen-bond donors (Lipinski definition) is 2. The third-order valence-corrected chi connectivity index (χ3v) is 5.68. The van der Waals surface area contributed by atoms with Gasteiger partial charge in [-0.25, -0.2) is 13.1 Å². The Kier molecular flexibility index (Phi) is 7.01. The molecule has 0 bridgehead atoms. The molecule has 5 nitrogen and oxygen atoms in total. The van der Waals surface area contributed by atoms with Crippen LogP contribution in [0.2, 0.25) is 0 Å². The van der Waals surface area contributed by atoms with Gasteiger partial charge in [-0.2, -0.15) is 13.2 Å². The molecule has 146 valence electrons. The van der Waals surface area contributed by atoms with Crippen molar-refractivity contribution in [1.29, 1.82) is 0 Å². The average molecular weight is 465 g/mol. The molecule has 2 N–H and O–H groups in total. The van der Waals surface area contributed by atoms with Crippen LogP contribution in [-0.4, -0.2) is 27.0 Å². The van der Waals surface area contributed by atoms with Crippen LogP contribution in [0.25, 0.3) is 0 Å². The van der Waals surface area contributed by atoms with Crippen molar-refractivity contribution in [1.82, 2.24) is 4.72 Å². The highest BCUT2D eigenvalue weighted by Crippen LogP contribution is 2.19. The van der Waals surface area contributed by atoms with Crippen molar-refractivity contribution in [2.24, 2.45) is 0 Å². The van der Waals surface area contributed by atoms with E-state index in [1.807, 2.05) is 24.3 Å². The Morgan fingerprint density at radius 3 is 2.26 bits per heavy atom. The smallest absolute Gasteiger partial charge is 0.326 e. The van der Waals surface area contributed by atoms with E-state index in [9.17, 15) is 26.4 Å². The fourth-order valence-electron chi connectivity index (χ4n) is 2.15. The number of rotatable bonds is 7. The van der Waals surface area contributed by atoms with Gasteiger partial charge in [0.1, 0.15) is 6.54 Å². The zero-order chi connectivity index (χ0) is 20.1. The Bertz CT molecular complexity index is 900. The van der Waals surface area contributed by atoms with Gasteiger partial charge in [0, 0.05) is 16.6 Å². The summed E-state index contributed by atoms with van der Waals surface area (Å²) in [7, 11) is -4.28. The maximum absolute atomic E-state index is 12.2. The van der Waals surface area contributed by atoms with Crippen LogP contribution in [0.3, 0.4) is 0 Å². The molecule has 2 aromatic rings. The third-order valence-electron chi connectivity index (χ3n) is 3.49. The summed E-state index contributed by atoms with van der Waals surface area (Å²) in [4.78, 5) is 11.7. The largest absolute Gasteiger partial charge is 0.402 e. The van der Waals surface area contributed by atoms with E-state index in [0.717, 1.165) is 22.2 Å². The normalized spacial score (nSPS) is 12.0. The van der Waals surface area contributed by atoms with Gasteiger partial charge in [0.05, 0.1) is 4.90 Å². The lowest BCUT2D eigenvalue weighted by Crippen LogP contribution is -2.33. The Hall–Kier alpha value is -1.91. The number of carbonyl (C=O) groups excluding carboxylic acids is 1. The van der Waals surface area contributed by atoms with Gasteiger partial charge in [-0.15, -0.1) is 0 Å². The van der Waals surface area contributed by atoms with Crippen LogP contribution >= 0.6 is 15.9 Å². The van der Waals surface area contributed by atoms with Crippen molar-refractivity contribution in [3.05, 3.63) is 58.6 Å². The SMILES string of the molecule is O=C(CCc1ccccc1Br)Nc1ccc(S(=O)(=O)NCC(F)(F)F)cc1. The summed E-state index contributed by atoms with van der Waals surface area (Å²) in [5.41, 5.74) is 1.33. The van der Waals surface area contributed by atoms with Gasteiger partial charge < -0.3 is 5.32 Å². The molecule has 1 amide bonds. The van der Waals surface area contributed by atoms with Gasteiger partial charge in [0.25, 0.3) is 0 Å². The predicted octanol–water partition coefficient (Wildman–Crippen LogP) is 3.86. The zero-order valence-corrected chi connectivity index (χ0v) is 16.3. The Labute approximate surface area is 163 Å². The van der Waals surface area contributed by atoms with Crippen molar-refractivity contribution >= 4 is 37.5 Å². The first-order valence-electron chi connectivity index (χ1n) is 7.76. The summed E-state index contributed by atoms with van der Waals surface area (Å²) in [5, 5.41) is 2.62. The minimum absolute atomic E-state index is 0.218. The van der Waals surface area contributed by atoms with Crippen LogP contribution in [-0.2, 0) is 21.2 Å². The van der Waals surface area contributed by atoms with Crippen LogP contribution in [0.1, 0.15) is 12.0 Å². The molecule has 2 rings (SSSR count). The number of nitrogens with one attached hydrogen (secondary N) is 2. The van der Waals surface area contributed by atoms with Crippen LogP contribution in [0.4, 0.5) is 18.9 Å². The number of benzene rings is 2. The molecule has 0 atom stereocenters. The lowest BCUT2D eigenvalue weighted by atomic mass is 10.1. The molecule has 0 saturated carbocycles. The van der Waals surface area contributed by atoms with E-state index in [2.05, 4.69) is 21.2 Å². The summed E-state index contributed by atoms with van der Waals surface area (Å²) in [6, 6.07) is 12.4. The Morgan fingerprint density at radius 1 is 1.04 bits per heavy atom. The maximum Gasteiger partial charge on any atom is 0.402 e. The minimum Gasteiger partial charge on any atom is -0.326 e. The summed E-state index contributed by atoms with van der Waals surface area (Å²) in [6.45, 7) is -1.65. The van der Waals surface area contributed by atoms with Crippen LogP contribution in [0, 0.1) is 0 Å². The standard InChI is InChI=1S/C17H16BrF3N2O3S/c18-15-4-2-1-3-12(15)5-10-16(24)23-13-6-8-14(9-7-13)27(25,26)22-11-17(19,20)21/h1-4,6-9,22H,5,10-11H2,(H,23,24). The van der Waals surface area contributed by atoms with Gasteiger partial charge in [-0.1, -0.05) is 34.1 Å². The van der Waals surface area contributed by atoms with E-state index in [4.69, 9.17) is 0 Å². The number of alkyl halides is 3. The molecular formula is C17H16BrF3N2O3S. The zero-order valence-electron chi connectivity index (χ0n) is 13.9. The number of sulfonamides is 1. The highest BCUT2D eigenvalue weighted by atomic mass is 79.9. The first-order valence-corrected chi connectivity index (χ1v) is 10.0. The minimum atomic E-state index is -4.64. The predicted molar refractivity (Wildman–Crippen MR) is 98.8 cm³/mol. The second kappa shape index (κ2) is 8.85. The molecule has 0 spiro atoms. The first kappa shape index (κ1) is 21.4. The van der Waals surface area contributed by atoms with Crippen LogP contribution in [0.5, 0.6) is 0 Å². The fraction of sp³-hybridized carbons (Fsp3) is 0.235. The van der Waals surface area contributed by atoms with Crippen LogP contribution < -0.4 is 10.0 Å². The molecule has 0 heterocycles. The molecular weight excluding hydrogens is 449 g/mol.